The minimum absolute atomic E-state index is 0.141. The lowest BCUT2D eigenvalue weighted by molar-refractivity contribution is -0.178. The minimum Gasteiger partial charge on any atom is -0.463 e. The topological polar surface area (TPSA) is 108 Å². The minimum atomic E-state index is -0.468. The molecule has 0 saturated heterocycles. The SMILES string of the molecule is CCOCC(OCC)OCCOC(=O)CCCCC(=O)OCCOC(COCC)OCC. The van der Waals surface area contributed by atoms with Crippen LogP contribution in [-0.4, -0.2) is 90.6 Å². The maximum atomic E-state index is 11.7. The zero-order valence-corrected chi connectivity index (χ0v) is 20.1. The van der Waals surface area contributed by atoms with Crippen LogP contribution < -0.4 is 0 Å². The molecule has 0 fully saturated rings. The van der Waals surface area contributed by atoms with E-state index in [9.17, 15) is 9.59 Å². The first-order valence-electron chi connectivity index (χ1n) is 11.5. The van der Waals surface area contributed by atoms with Gasteiger partial charge in [-0.3, -0.25) is 9.59 Å². The average Bonchev–Trinajstić information content (AvgIpc) is 2.78. The molecule has 0 heterocycles. The molecule has 10 nitrogen and oxygen atoms in total. The third-order valence-corrected chi connectivity index (χ3v) is 3.93. The molecule has 0 aliphatic rings. The number of esters is 2. The second kappa shape index (κ2) is 22.9. The van der Waals surface area contributed by atoms with Gasteiger partial charge in [-0.2, -0.15) is 0 Å². The van der Waals surface area contributed by atoms with Gasteiger partial charge in [0.15, 0.2) is 12.6 Å². The fourth-order valence-corrected chi connectivity index (χ4v) is 2.44. The molecule has 0 spiro atoms. The van der Waals surface area contributed by atoms with E-state index < -0.39 is 12.6 Å². The summed E-state index contributed by atoms with van der Waals surface area (Å²) in [5.41, 5.74) is 0. The second-order valence-electron chi connectivity index (χ2n) is 6.48. The molecule has 0 rings (SSSR count). The van der Waals surface area contributed by atoms with Gasteiger partial charge in [-0.15, -0.1) is 0 Å². The second-order valence-corrected chi connectivity index (χ2v) is 6.48. The van der Waals surface area contributed by atoms with Crippen LogP contribution in [0.25, 0.3) is 0 Å². The molecule has 0 saturated carbocycles. The van der Waals surface area contributed by atoms with E-state index in [4.69, 9.17) is 37.9 Å². The highest BCUT2D eigenvalue weighted by Gasteiger charge is 2.11. The predicted molar refractivity (Wildman–Crippen MR) is 116 cm³/mol. The zero-order chi connectivity index (χ0) is 23.9. The third kappa shape index (κ3) is 19.4. The molecule has 190 valence electrons. The van der Waals surface area contributed by atoms with Gasteiger partial charge in [-0.1, -0.05) is 0 Å². The highest BCUT2D eigenvalue weighted by Crippen LogP contribution is 2.04. The molecular weight excluding hydrogens is 424 g/mol. The number of rotatable bonds is 23. The normalized spacial score (nSPS) is 13.0. The number of hydrogen-bond donors (Lipinski definition) is 0. The van der Waals surface area contributed by atoms with E-state index in [0.717, 1.165) is 0 Å². The number of carbonyl (C=O) groups excluding carboxylic acids is 2. The van der Waals surface area contributed by atoms with Crippen LogP contribution >= 0.6 is 0 Å². The summed E-state index contributed by atoms with van der Waals surface area (Å²) in [6.07, 6.45) is 0.611. The van der Waals surface area contributed by atoms with Crippen LogP contribution in [0.1, 0.15) is 53.4 Å². The van der Waals surface area contributed by atoms with Crippen LogP contribution in [0, 0.1) is 0 Å². The van der Waals surface area contributed by atoms with E-state index in [1.54, 1.807) is 0 Å². The zero-order valence-electron chi connectivity index (χ0n) is 20.1. The Morgan fingerprint density at radius 2 is 0.969 bits per heavy atom. The van der Waals surface area contributed by atoms with Crippen LogP contribution in [0.15, 0.2) is 0 Å². The van der Waals surface area contributed by atoms with Crippen LogP contribution in [0.3, 0.4) is 0 Å². The Hall–Kier alpha value is -1.30. The summed E-state index contributed by atoms with van der Waals surface area (Å²) < 4.78 is 42.5. The van der Waals surface area contributed by atoms with Gasteiger partial charge < -0.3 is 37.9 Å². The van der Waals surface area contributed by atoms with Crippen molar-refractivity contribution in [2.45, 2.75) is 66.0 Å². The standard InChI is InChI=1S/C22H42O10/c1-5-25-17-21(27-7-3)31-15-13-29-19(23)11-9-10-12-20(24)30-14-16-32-22(28-8-4)18-26-6-2/h21-22H,5-18H2,1-4H3. The summed E-state index contributed by atoms with van der Waals surface area (Å²) in [6.45, 7) is 11.1. The number of unbranched alkanes of at least 4 members (excludes halogenated alkanes) is 1. The molecule has 0 N–H and O–H groups in total. The first kappa shape index (κ1) is 30.7. The van der Waals surface area contributed by atoms with Crippen LogP contribution in [0.4, 0.5) is 0 Å². The molecule has 32 heavy (non-hydrogen) atoms. The Morgan fingerprint density at radius 3 is 1.31 bits per heavy atom. The Labute approximate surface area is 192 Å². The molecule has 10 heteroatoms. The quantitative estimate of drug-likeness (QED) is 0.127. The van der Waals surface area contributed by atoms with E-state index in [-0.39, 0.29) is 51.2 Å². The summed E-state index contributed by atoms with van der Waals surface area (Å²) in [5.74, 6) is -0.659. The van der Waals surface area contributed by atoms with Crippen molar-refractivity contribution in [2.24, 2.45) is 0 Å². The molecule has 0 aliphatic carbocycles. The lowest BCUT2D eigenvalue weighted by Crippen LogP contribution is -2.25. The highest BCUT2D eigenvalue weighted by molar-refractivity contribution is 5.70. The third-order valence-electron chi connectivity index (χ3n) is 3.93. The highest BCUT2D eigenvalue weighted by atomic mass is 16.7. The Bertz CT molecular complexity index is 406. The van der Waals surface area contributed by atoms with Gasteiger partial charge in [0.25, 0.3) is 0 Å². The monoisotopic (exact) mass is 466 g/mol. The Kier molecular flexibility index (Phi) is 21.9. The summed E-state index contributed by atoms with van der Waals surface area (Å²) in [5, 5.41) is 0. The van der Waals surface area contributed by atoms with Crippen molar-refractivity contribution in [3.8, 4) is 0 Å². The van der Waals surface area contributed by atoms with E-state index in [1.165, 1.54) is 0 Å². The summed E-state index contributed by atoms with van der Waals surface area (Å²) in [7, 11) is 0. The van der Waals surface area contributed by atoms with Gasteiger partial charge in [0.2, 0.25) is 0 Å². The van der Waals surface area contributed by atoms with E-state index in [2.05, 4.69) is 0 Å². The maximum Gasteiger partial charge on any atom is 0.305 e. The number of carbonyl (C=O) groups is 2. The van der Waals surface area contributed by atoms with Crippen LogP contribution in [0.2, 0.25) is 0 Å². The van der Waals surface area contributed by atoms with Crippen LogP contribution in [-0.2, 0) is 47.5 Å². The van der Waals surface area contributed by atoms with Gasteiger partial charge >= 0.3 is 11.9 Å². The molecule has 0 bridgehead atoms. The molecule has 0 amide bonds. The fraction of sp³-hybridized carbons (Fsp3) is 0.909. The van der Waals surface area contributed by atoms with Crippen LogP contribution in [0.5, 0.6) is 0 Å². The summed E-state index contributed by atoms with van der Waals surface area (Å²) >= 11 is 0. The van der Waals surface area contributed by atoms with Crippen molar-refractivity contribution in [1.82, 2.24) is 0 Å². The summed E-state index contributed by atoms with van der Waals surface area (Å²) in [4.78, 5) is 23.5. The van der Waals surface area contributed by atoms with E-state index >= 15 is 0 Å². The molecule has 2 atom stereocenters. The average molecular weight is 467 g/mol. The van der Waals surface area contributed by atoms with Crippen molar-refractivity contribution in [1.29, 1.82) is 0 Å². The molecule has 0 radical (unpaired) electrons. The molecule has 0 aromatic heterocycles. The van der Waals surface area contributed by atoms with E-state index in [1.807, 2.05) is 27.7 Å². The molecule has 0 aromatic carbocycles. The van der Waals surface area contributed by atoms with Gasteiger partial charge in [-0.25, -0.2) is 0 Å². The Morgan fingerprint density at radius 1 is 0.562 bits per heavy atom. The van der Waals surface area contributed by atoms with Crippen molar-refractivity contribution in [3.63, 3.8) is 0 Å². The van der Waals surface area contributed by atoms with E-state index in [0.29, 0.717) is 52.5 Å². The number of ether oxygens (including phenoxy) is 8. The van der Waals surface area contributed by atoms with Gasteiger partial charge in [-0.05, 0) is 40.5 Å². The molecule has 0 aliphatic heterocycles. The largest absolute Gasteiger partial charge is 0.463 e. The molecule has 0 aromatic rings. The molecular formula is C22H42O10. The van der Waals surface area contributed by atoms with Gasteiger partial charge in [0, 0.05) is 39.3 Å². The maximum absolute atomic E-state index is 11.7. The first-order chi connectivity index (χ1) is 15.6. The Balaban J connectivity index is 3.70. The predicted octanol–water partition coefficient (Wildman–Crippen LogP) is 2.46. The van der Waals surface area contributed by atoms with Crippen molar-refractivity contribution >= 4 is 11.9 Å². The van der Waals surface area contributed by atoms with Gasteiger partial charge in [0.1, 0.15) is 13.2 Å². The first-order valence-corrected chi connectivity index (χ1v) is 11.5. The lowest BCUT2D eigenvalue weighted by atomic mass is 10.2. The summed E-state index contributed by atoms with van der Waals surface area (Å²) in [6, 6.07) is 0. The number of hydrogen-bond acceptors (Lipinski definition) is 10. The van der Waals surface area contributed by atoms with Crippen molar-refractivity contribution in [3.05, 3.63) is 0 Å². The fourth-order valence-electron chi connectivity index (χ4n) is 2.44. The van der Waals surface area contributed by atoms with Crippen molar-refractivity contribution in [2.75, 3.05) is 66.1 Å². The van der Waals surface area contributed by atoms with Crippen molar-refractivity contribution < 1.29 is 47.5 Å². The smallest absolute Gasteiger partial charge is 0.305 e. The molecule has 2 unspecified atom stereocenters. The van der Waals surface area contributed by atoms with Gasteiger partial charge in [0.05, 0.1) is 26.4 Å². The lowest BCUT2D eigenvalue weighted by Gasteiger charge is -2.17.